The van der Waals surface area contributed by atoms with E-state index in [4.69, 9.17) is 0 Å². The molecule has 1 heterocycles. The van der Waals surface area contributed by atoms with Crippen molar-refractivity contribution in [2.45, 2.75) is 39.7 Å². The number of fused-ring (bicyclic) bond motifs is 1. The molecule has 1 aliphatic rings. The van der Waals surface area contributed by atoms with Gasteiger partial charge in [0, 0.05) is 28.5 Å². The summed E-state index contributed by atoms with van der Waals surface area (Å²) in [5, 5.41) is 2.56. The molecule has 0 saturated carbocycles. The third-order valence-electron chi connectivity index (χ3n) is 6.75. The minimum absolute atomic E-state index is 0.00479. The Kier molecular flexibility index (Phi) is 8.67. The van der Waals surface area contributed by atoms with E-state index in [9.17, 15) is 27.2 Å². The lowest BCUT2D eigenvalue weighted by molar-refractivity contribution is 0.0973. The molecule has 1 N–H and O–H groups in total. The molecule has 2 amide bonds. The normalized spacial score (nSPS) is 14.1. The molecule has 4 aromatic rings. The summed E-state index contributed by atoms with van der Waals surface area (Å²) in [6.07, 6.45) is 1.50. The summed E-state index contributed by atoms with van der Waals surface area (Å²) in [5.41, 5.74) is 3.51. The van der Waals surface area contributed by atoms with Crippen LogP contribution in [0.1, 0.15) is 50.8 Å². The predicted molar refractivity (Wildman–Crippen MR) is 148 cm³/mol. The molecule has 5 rings (SSSR count). The minimum Gasteiger partial charge on any atom is -0.322 e. The van der Waals surface area contributed by atoms with Crippen molar-refractivity contribution < 1.29 is 27.2 Å². The molecule has 8 heteroatoms. The average molecular weight is 549 g/mol. The highest BCUT2D eigenvalue weighted by molar-refractivity contribution is 6.07. The number of nitrogens with zero attached hydrogens (tertiary/aromatic N) is 1. The second-order valence-corrected chi connectivity index (χ2v) is 9.72. The van der Waals surface area contributed by atoms with E-state index in [-0.39, 0.29) is 29.1 Å². The van der Waals surface area contributed by atoms with Gasteiger partial charge in [0.2, 0.25) is 0 Å². The van der Waals surface area contributed by atoms with E-state index in [2.05, 4.69) is 5.32 Å². The first kappa shape index (κ1) is 28.5. The topological polar surface area (TPSA) is 49.4 Å². The maximum absolute atomic E-state index is 13.7. The van der Waals surface area contributed by atoms with E-state index in [0.717, 1.165) is 18.4 Å². The zero-order valence-corrected chi connectivity index (χ0v) is 22.3. The number of nitrogens with one attached hydrogen (secondary N) is 1. The maximum Gasteiger partial charge on any atom is 0.258 e. The third kappa shape index (κ3) is 6.57. The van der Waals surface area contributed by atoms with Gasteiger partial charge in [-0.25, -0.2) is 17.6 Å². The Bertz CT molecular complexity index is 1550. The number of benzene rings is 4. The second kappa shape index (κ2) is 12.2. The summed E-state index contributed by atoms with van der Waals surface area (Å²) in [6.45, 7) is 5.23. The Hall–Kier alpha value is -4.46. The molecular weight excluding hydrogens is 520 g/mol. The van der Waals surface area contributed by atoms with Gasteiger partial charge in [-0.15, -0.1) is 0 Å². The molecule has 1 aliphatic heterocycles. The number of rotatable bonds is 3. The molecule has 206 valence electrons. The standard InChI is InChI=1S/C18H17F2NO.C14H11F2NO/c1-11-3-5-14(10-16(11)20)18(22)21-12(2)4-6-13-9-15(19)7-8-17(13)21;1-9-2-3-10(8-13(9)16)14(18)17-12-6-4-11(15)5-7-12/h3,5,7-10,12H,4,6H2,1-2H3;2-8H,1H3,(H,17,18). The minimum atomic E-state index is -0.430. The van der Waals surface area contributed by atoms with Crippen LogP contribution in [0.3, 0.4) is 0 Å². The average Bonchev–Trinajstić information content (AvgIpc) is 2.93. The Labute approximate surface area is 230 Å². The van der Waals surface area contributed by atoms with Crippen LogP contribution in [0, 0.1) is 37.1 Å². The number of anilines is 2. The van der Waals surface area contributed by atoms with E-state index in [0.29, 0.717) is 28.1 Å². The lowest BCUT2D eigenvalue weighted by Crippen LogP contribution is -2.42. The van der Waals surface area contributed by atoms with Gasteiger partial charge in [0.25, 0.3) is 11.8 Å². The van der Waals surface area contributed by atoms with E-state index in [1.54, 1.807) is 36.9 Å². The number of aryl methyl sites for hydroxylation is 3. The Morgan fingerprint density at radius 2 is 1.32 bits per heavy atom. The van der Waals surface area contributed by atoms with Gasteiger partial charge in [0.05, 0.1) is 0 Å². The molecule has 0 aromatic heterocycles. The highest BCUT2D eigenvalue weighted by atomic mass is 19.1. The van der Waals surface area contributed by atoms with Crippen LogP contribution >= 0.6 is 0 Å². The van der Waals surface area contributed by atoms with Crippen LogP contribution in [0.4, 0.5) is 28.9 Å². The van der Waals surface area contributed by atoms with Crippen LogP contribution in [0.2, 0.25) is 0 Å². The first-order chi connectivity index (χ1) is 19.0. The highest BCUT2D eigenvalue weighted by Gasteiger charge is 2.29. The molecule has 0 saturated heterocycles. The van der Waals surface area contributed by atoms with Crippen molar-refractivity contribution in [1.29, 1.82) is 0 Å². The summed E-state index contributed by atoms with van der Waals surface area (Å²) in [7, 11) is 0. The van der Waals surface area contributed by atoms with Gasteiger partial charge in [0.1, 0.15) is 23.3 Å². The van der Waals surface area contributed by atoms with Gasteiger partial charge in [-0.3, -0.25) is 9.59 Å². The fourth-order valence-electron chi connectivity index (χ4n) is 4.37. The second-order valence-electron chi connectivity index (χ2n) is 9.72. The number of carbonyl (C=O) groups is 2. The van der Waals surface area contributed by atoms with Crippen molar-refractivity contribution in [3.05, 3.63) is 130 Å². The van der Waals surface area contributed by atoms with Crippen LogP contribution in [0.15, 0.2) is 78.9 Å². The fraction of sp³-hybridized carbons (Fsp3) is 0.188. The molecule has 0 spiro atoms. The molecule has 0 fully saturated rings. The zero-order valence-electron chi connectivity index (χ0n) is 22.3. The van der Waals surface area contributed by atoms with E-state index in [1.165, 1.54) is 60.7 Å². The number of amides is 2. The van der Waals surface area contributed by atoms with Crippen LogP contribution in [0.5, 0.6) is 0 Å². The molecule has 4 aromatic carbocycles. The van der Waals surface area contributed by atoms with Gasteiger partial charge in [0.15, 0.2) is 0 Å². The van der Waals surface area contributed by atoms with Crippen molar-refractivity contribution in [1.82, 2.24) is 0 Å². The summed E-state index contributed by atoms with van der Waals surface area (Å²) in [6, 6.07) is 18.6. The van der Waals surface area contributed by atoms with Crippen LogP contribution in [0.25, 0.3) is 0 Å². The molecule has 0 aliphatic carbocycles. The van der Waals surface area contributed by atoms with Gasteiger partial charge >= 0.3 is 0 Å². The molecular formula is C32H28F4N2O2. The quantitative estimate of drug-likeness (QED) is 0.266. The molecule has 0 radical (unpaired) electrons. The van der Waals surface area contributed by atoms with E-state index in [1.807, 2.05) is 6.92 Å². The molecule has 40 heavy (non-hydrogen) atoms. The Morgan fingerprint density at radius 1 is 0.750 bits per heavy atom. The lowest BCUT2D eigenvalue weighted by atomic mass is 9.95. The molecule has 1 atom stereocenters. The maximum atomic E-state index is 13.7. The van der Waals surface area contributed by atoms with Gasteiger partial charge in [-0.05, 0) is 117 Å². The Balaban J connectivity index is 0.000000189. The smallest absolute Gasteiger partial charge is 0.258 e. The summed E-state index contributed by atoms with van der Waals surface area (Å²) >= 11 is 0. The van der Waals surface area contributed by atoms with E-state index >= 15 is 0 Å². The number of hydrogen-bond acceptors (Lipinski definition) is 2. The van der Waals surface area contributed by atoms with Gasteiger partial charge < -0.3 is 10.2 Å². The lowest BCUT2D eigenvalue weighted by Gasteiger charge is -2.35. The molecule has 1 unspecified atom stereocenters. The van der Waals surface area contributed by atoms with Gasteiger partial charge in [-0.2, -0.15) is 0 Å². The van der Waals surface area contributed by atoms with Crippen molar-refractivity contribution in [2.24, 2.45) is 0 Å². The largest absolute Gasteiger partial charge is 0.322 e. The SMILES string of the molecule is Cc1ccc(C(=O)N2c3ccc(F)cc3CCC2C)cc1F.Cc1ccc(C(=O)Nc2ccc(F)cc2)cc1F. The van der Waals surface area contributed by atoms with Crippen LogP contribution in [-0.4, -0.2) is 17.9 Å². The first-order valence-corrected chi connectivity index (χ1v) is 12.7. The van der Waals surface area contributed by atoms with Crippen LogP contribution < -0.4 is 10.2 Å². The van der Waals surface area contributed by atoms with Gasteiger partial charge in [-0.1, -0.05) is 12.1 Å². The summed E-state index contributed by atoms with van der Waals surface area (Å²) in [5.74, 6) is -2.19. The number of hydrogen-bond donors (Lipinski definition) is 1. The zero-order chi connectivity index (χ0) is 29.0. The first-order valence-electron chi connectivity index (χ1n) is 12.7. The molecule has 0 bridgehead atoms. The number of carbonyl (C=O) groups excluding carboxylic acids is 2. The Morgan fingerprint density at radius 3 is 1.95 bits per heavy atom. The number of halogens is 4. The summed E-state index contributed by atoms with van der Waals surface area (Å²) in [4.78, 5) is 26.2. The van der Waals surface area contributed by atoms with Crippen molar-refractivity contribution >= 4 is 23.2 Å². The third-order valence-corrected chi connectivity index (χ3v) is 6.75. The molecule has 4 nitrogen and oxygen atoms in total. The van der Waals surface area contributed by atoms with Crippen LogP contribution in [-0.2, 0) is 6.42 Å². The van der Waals surface area contributed by atoms with Crippen molar-refractivity contribution in [2.75, 3.05) is 10.2 Å². The summed E-state index contributed by atoms with van der Waals surface area (Å²) < 4.78 is 53.1. The van der Waals surface area contributed by atoms with E-state index < -0.39 is 17.5 Å². The van der Waals surface area contributed by atoms with Crippen molar-refractivity contribution in [3.63, 3.8) is 0 Å². The predicted octanol–water partition coefficient (Wildman–Crippen LogP) is 7.78. The fourth-order valence-corrected chi connectivity index (χ4v) is 4.37. The monoisotopic (exact) mass is 548 g/mol. The van der Waals surface area contributed by atoms with Crippen molar-refractivity contribution in [3.8, 4) is 0 Å². The highest BCUT2D eigenvalue weighted by Crippen LogP contribution is 2.32.